The van der Waals surface area contributed by atoms with Gasteiger partial charge in [-0.15, -0.1) is 0 Å². The van der Waals surface area contributed by atoms with E-state index in [1.54, 1.807) is 30.3 Å². The first-order valence-electron chi connectivity index (χ1n) is 14.5. The minimum atomic E-state index is -0.772. The van der Waals surface area contributed by atoms with Gasteiger partial charge in [-0.25, -0.2) is 14.1 Å². The van der Waals surface area contributed by atoms with Crippen molar-refractivity contribution in [3.63, 3.8) is 0 Å². The maximum atomic E-state index is 13.7. The molecule has 0 atom stereocenters. The lowest BCUT2D eigenvalue weighted by molar-refractivity contribution is -0.122. The second kappa shape index (κ2) is 10.5. The smallest absolute Gasteiger partial charge is 0.335 e. The van der Waals surface area contributed by atoms with Gasteiger partial charge in [0, 0.05) is 10.0 Å². The zero-order chi connectivity index (χ0) is 29.0. The SMILES string of the molecule is O=C1NC(=O)N(c2ccc(C34CC5CC(CC(C5)C3)C4)cc2)C(=O)/C1=C/c1cc(Br)ccc1OCc1ccc(F)cc1. The average molecular weight is 630 g/mol. The lowest BCUT2D eigenvalue weighted by atomic mass is 9.48. The number of nitrogens with zero attached hydrogens (tertiary/aromatic N) is 1. The summed E-state index contributed by atoms with van der Waals surface area (Å²) in [6.45, 7) is 0.166. The zero-order valence-corrected chi connectivity index (χ0v) is 24.5. The maximum absolute atomic E-state index is 13.7. The summed E-state index contributed by atoms with van der Waals surface area (Å²) in [5.41, 5.74) is 2.98. The first kappa shape index (κ1) is 27.1. The number of amides is 4. The number of carbonyl (C=O) groups is 3. The Morgan fingerprint density at radius 2 is 1.55 bits per heavy atom. The number of urea groups is 1. The number of hydrogen-bond donors (Lipinski definition) is 1. The number of ether oxygens (including phenoxy) is 1. The molecule has 0 spiro atoms. The number of halogens is 2. The summed E-state index contributed by atoms with van der Waals surface area (Å²) >= 11 is 3.44. The molecule has 4 saturated carbocycles. The highest BCUT2D eigenvalue weighted by molar-refractivity contribution is 9.10. The van der Waals surface area contributed by atoms with Crippen LogP contribution < -0.4 is 15.0 Å². The van der Waals surface area contributed by atoms with Crippen LogP contribution in [-0.4, -0.2) is 17.8 Å². The first-order chi connectivity index (χ1) is 20.3. The van der Waals surface area contributed by atoms with Crippen LogP contribution in [0.15, 0.2) is 76.8 Å². The normalized spacial score (nSPS) is 27.5. The number of hydrogen-bond acceptors (Lipinski definition) is 4. The van der Waals surface area contributed by atoms with Crippen molar-refractivity contribution in [1.29, 1.82) is 0 Å². The van der Waals surface area contributed by atoms with E-state index < -0.39 is 17.8 Å². The van der Waals surface area contributed by atoms with Crippen molar-refractivity contribution in [2.75, 3.05) is 4.90 Å². The minimum Gasteiger partial charge on any atom is -0.488 e. The molecule has 8 heteroatoms. The minimum absolute atomic E-state index is 0.166. The van der Waals surface area contributed by atoms with Crippen molar-refractivity contribution in [2.45, 2.75) is 50.5 Å². The molecule has 4 amide bonds. The molecule has 4 aliphatic carbocycles. The molecule has 8 rings (SSSR count). The highest BCUT2D eigenvalue weighted by Crippen LogP contribution is 2.60. The van der Waals surface area contributed by atoms with Gasteiger partial charge >= 0.3 is 6.03 Å². The summed E-state index contributed by atoms with van der Waals surface area (Å²) in [6, 6.07) is 18.2. The van der Waals surface area contributed by atoms with E-state index in [-0.39, 0.29) is 23.4 Å². The van der Waals surface area contributed by atoms with Gasteiger partial charge in [-0.2, -0.15) is 0 Å². The van der Waals surface area contributed by atoms with Crippen molar-refractivity contribution < 1.29 is 23.5 Å². The molecule has 1 aliphatic heterocycles. The van der Waals surface area contributed by atoms with Crippen LogP contribution in [0.1, 0.15) is 55.2 Å². The summed E-state index contributed by atoms with van der Waals surface area (Å²) < 4.78 is 20.0. The van der Waals surface area contributed by atoms with Crippen LogP contribution in [0.5, 0.6) is 5.75 Å². The van der Waals surface area contributed by atoms with E-state index in [2.05, 4.69) is 33.4 Å². The molecule has 5 fully saturated rings. The molecule has 1 saturated heterocycles. The molecule has 1 heterocycles. The predicted molar refractivity (Wildman–Crippen MR) is 160 cm³/mol. The van der Waals surface area contributed by atoms with Crippen LogP contribution in [0.4, 0.5) is 14.9 Å². The van der Waals surface area contributed by atoms with Crippen molar-refractivity contribution in [3.8, 4) is 5.75 Å². The van der Waals surface area contributed by atoms with E-state index in [4.69, 9.17) is 4.74 Å². The first-order valence-corrected chi connectivity index (χ1v) is 15.2. The number of anilines is 1. The highest BCUT2D eigenvalue weighted by atomic mass is 79.9. The van der Waals surface area contributed by atoms with Gasteiger partial charge < -0.3 is 4.74 Å². The maximum Gasteiger partial charge on any atom is 0.335 e. The van der Waals surface area contributed by atoms with Crippen LogP contribution in [0.25, 0.3) is 6.08 Å². The predicted octanol–water partition coefficient (Wildman–Crippen LogP) is 7.30. The van der Waals surface area contributed by atoms with Crippen molar-refractivity contribution in [1.82, 2.24) is 5.32 Å². The van der Waals surface area contributed by atoms with Crippen LogP contribution >= 0.6 is 15.9 Å². The standard InChI is InChI=1S/C34H30BrFN2O4/c35-26-5-10-30(42-19-20-1-6-27(36)7-2-20)24(14-26)15-29-31(39)37-33(41)38(32(29)40)28-8-3-25(4-9-28)34-16-21-11-22(17-34)13-23(12-21)18-34/h1-10,14-15,21-23H,11-13,16-19H2,(H,37,39,41)/b29-15+. The fraction of sp³-hybridized carbons (Fsp3) is 0.324. The van der Waals surface area contributed by atoms with Gasteiger partial charge in [0.2, 0.25) is 0 Å². The van der Waals surface area contributed by atoms with Crippen molar-refractivity contribution in [2.24, 2.45) is 17.8 Å². The van der Waals surface area contributed by atoms with Crippen LogP contribution in [-0.2, 0) is 21.6 Å². The molecule has 0 radical (unpaired) electrons. The number of nitrogens with one attached hydrogen (secondary N) is 1. The Kier molecular flexibility index (Phi) is 6.76. The molecule has 0 aromatic heterocycles. The van der Waals surface area contributed by atoms with E-state index in [0.717, 1.165) is 32.7 Å². The number of benzene rings is 3. The Morgan fingerprint density at radius 3 is 2.19 bits per heavy atom. The lowest BCUT2D eigenvalue weighted by Gasteiger charge is -2.57. The fourth-order valence-corrected chi connectivity index (χ4v) is 8.36. The molecule has 4 bridgehead atoms. The fourth-order valence-electron chi connectivity index (χ4n) is 7.98. The number of rotatable bonds is 6. The van der Waals surface area contributed by atoms with E-state index >= 15 is 0 Å². The molecule has 3 aromatic carbocycles. The molecular weight excluding hydrogens is 599 g/mol. The second-order valence-corrected chi connectivity index (χ2v) is 13.2. The Hall–Kier alpha value is -3.78. The monoisotopic (exact) mass is 628 g/mol. The largest absolute Gasteiger partial charge is 0.488 e. The summed E-state index contributed by atoms with van der Waals surface area (Å²) in [7, 11) is 0. The molecule has 214 valence electrons. The van der Waals surface area contributed by atoms with Gasteiger partial charge in [0.25, 0.3) is 11.8 Å². The average Bonchev–Trinajstić information content (AvgIpc) is 2.95. The molecule has 6 nitrogen and oxygen atoms in total. The van der Waals surface area contributed by atoms with Gasteiger partial charge in [0.15, 0.2) is 0 Å². The molecule has 5 aliphatic rings. The van der Waals surface area contributed by atoms with Gasteiger partial charge in [-0.05, 0) is 121 Å². The van der Waals surface area contributed by atoms with Crippen LogP contribution in [0.2, 0.25) is 0 Å². The summed E-state index contributed by atoms with van der Waals surface area (Å²) in [4.78, 5) is 40.5. The van der Waals surface area contributed by atoms with Gasteiger partial charge in [-0.3, -0.25) is 14.9 Å². The third-order valence-electron chi connectivity index (χ3n) is 9.46. The second-order valence-electron chi connectivity index (χ2n) is 12.3. The Bertz CT molecular complexity index is 1580. The summed E-state index contributed by atoms with van der Waals surface area (Å²) in [5.74, 6) is 1.06. The van der Waals surface area contributed by atoms with E-state index in [1.165, 1.54) is 62.3 Å². The van der Waals surface area contributed by atoms with Gasteiger partial charge in [-0.1, -0.05) is 40.2 Å². The van der Waals surface area contributed by atoms with E-state index in [9.17, 15) is 18.8 Å². The molecule has 0 unspecified atom stereocenters. The van der Waals surface area contributed by atoms with Crippen LogP contribution in [0.3, 0.4) is 0 Å². The number of imide groups is 2. The number of barbiturate groups is 1. The van der Waals surface area contributed by atoms with Crippen molar-refractivity contribution in [3.05, 3.63) is 99.3 Å². The Labute approximate surface area is 252 Å². The molecule has 1 N–H and O–H groups in total. The van der Waals surface area contributed by atoms with Crippen molar-refractivity contribution >= 4 is 45.5 Å². The summed E-state index contributed by atoms with van der Waals surface area (Å²) in [5, 5.41) is 2.32. The van der Waals surface area contributed by atoms with E-state index in [0.29, 0.717) is 17.0 Å². The van der Waals surface area contributed by atoms with Gasteiger partial charge in [0.05, 0.1) is 5.69 Å². The topological polar surface area (TPSA) is 75.7 Å². The molecule has 3 aromatic rings. The van der Waals surface area contributed by atoms with Crippen LogP contribution in [0, 0.1) is 23.6 Å². The molecule has 42 heavy (non-hydrogen) atoms. The third kappa shape index (κ3) is 4.96. The third-order valence-corrected chi connectivity index (χ3v) is 9.95. The quantitative estimate of drug-likeness (QED) is 0.229. The lowest BCUT2D eigenvalue weighted by Crippen LogP contribution is -2.54. The zero-order valence-electron chi connectivity index (χ0n) is 22.9. The number of carbonyl (C=O) groups excluding carboxylic acids is 3. The summed E-state index contributed by atoms with van der Waals surface area (Å²) in [6.07, 6.45) is 9.19. The highest BCUT2D eigenvalue weighted by Gasteiger charge is 2.51. The molecular formula is C34H30BrFN2O4. The van der Waals surface area contributed by atoms with E-state index in [1.807, 2.05) is 12.1 Å². The van der Waals surface area contributed by atoms with Gasteiger partial charge in [0.1, 0.15) is 23.7 Å². The Balaban J connectivity index is 1.15. The Morgan fingerprint density at radius 1 is 0.905 bits per heavy atom.